The van der Waals surface area contributed by atoms with Crippen molar-refractivity contribution in [2.75, 3.05) is 19.0 Å². The largest absolute Gasteiger partial charge is 0.497 e. The average molecular weight is 371 g/mol. The first-order valence-corrected chi connectivity index (χ1v) is 8.85. The molecule has 3 aromatic rings. The molecule has 0 saturated heterocycles. The predicted molar refractivity (Wildman–Crippen MR) is 102 cm³/mol. The van der Waals surface area contributed by atoms with Gasteiger partial charge < -0.3 is 20.4 Å². The van der Waals surface area contributed by atoms with E-state index in [0.29, 0.717) is 24.4 Å². The van der Waals surface area contributed by atoms with Gasteiger partial charge in [-0.15, -0.1) is 0 Å². The number of aromatic amines is 1. The van der Waals surface area contributed by atoms with E-state index >= 15 is 0 Å². The Morgan fingerprint density at radius 3 is 3.08 bits per heavy atom. The molecule has 0 aliphatic carbocycles. The number of hydrogen-bond acceptors (Lipinski definition) is 4. The van der Waals surface area contributed by atoms with Gasteiger partial charge in [0.1, 0.15) is 17.6 Å². The lowest BCUT2D eigenvalue weighted by molar-refractivity contribution is -0.121. The van der Waals surface area contributed by atoms with Gasteiger partial charge in [-0.05, 0) is 35.9 Å². The predicted octanol–water partition coefficient (Wildman–Crippen LogP) is 2.92. The molecule has 0 radical (unpaired) electrons. The standard InChI is InChI=1S/C19H19ClN4O2/c1-26-13-3-5-15-16(10-13)24-18(23-15)6-7-21-19(25)17-9-11-8-12(20)2-4-14(11)22-17/h2-5,8,10,17,22H,6-7,9H2,1H3,(H,21,25)(H,23,24)/t17-/m0/s1. The molecule has 0 saturated carbocycles. The van der Waals surface area contributed by atoms with E-state index in [9.17, 15) is 4.79 Å². The van der Waals surface area contributed by atoms with Crippen molar-refractivity contribution in [2.24, 2.45) is 0 Å². The van der Waals surface area contributed by atoms with Crippen LogP contribution in [-0.4, -0.2) is 35.6 Å². The Hall–Kier alpha value is -2.73. The molecule has 1 atom stereocenters. The molecule has 4 rings (SSSR count). The maximum atomic E-state index is 12.4. The van der Waals surface area contributed by atoms with Crippen molar-refractivity contribution in [1.29, 1.82) is 0 Å². The molecule has 1 amide bonds. The molecule has 2 aromatic carbocycles. The number of fused-ring (bicyclic) bond motifs is 2. The van der Waals surface area contributed by atoms with Gasteiger partial charge in [0.25, 0.3) is 0 Å². The van der Waals surface area contributed by atoms with E-state index in [1.807, 2.05) is 36.4 Å². The number of anilines is 1. The zero-order valence-electron chi connectivity index (χ0n) is 14.3. The lowest BCUT2D eigenvalue weighted by atomic mass is 10.1. The van der Waals surface area contributed by atoms with Crippen LogP contribution in [-0.2, 0) is 17.6 Å². The first-order chi connectivity index (χ1) is 12.6. The summed E-state index contributed by atoms with van der Waals surface area (Å²) in [7, 11) is 1.64. The third-order valence-corrected chi connectivity index (χ3v) is 4.77. The highest BCUT2D eigenvalue weighted by atomic mass is 35.5. The monoisotopic (exact) mass is 370 g/mol. The van der Waals surface area contributed by atoms with Crippen LogP contribution in [0.3, 0.4) is 0 Å². The summed E-state index contributed by atoms with van der Waals surface area (Å²) in [5, 5.41) is 6.89. The van der Waals surface area contributed by atoms with Gasteiger partial charge in [-0.1, -0.05) is 11.6 Å². The molecule has 26 heavy (non-hydrogen) atoms. The number of amides is 1. The molecule has 1 aliphatic rings. The number of methoxy groups -OCH3 is 1. The first kappa shape index (κ1) is 16.7. The summed E-state index contributed by atoms with van der Waals surface area (Å²) in [6.07, 6.45) is 1.28. The molecule has 6 nitrogen and oxygen atoms in total. The van der Waals surface area contributed by atoms with E-state index in [4.69, 9.17) is 16.3 Å². The second kappa shape index (κ2) is 6.88. The minimum absolute atomic E-state index is 0.0184. The number of ether oxygens (including phenoxy) is 1. The Bertz CT molecular complexity index is 969. The maximum absolute atomic E-state index is 12.4. The fraction of sp³-hybridized carbons (Fsp3) is 0.263. The van der Waals surface area contributed by atoms with Crippen LogP contribution in [0.4, 0.5) is 5.69 Å². The van der Waals surface area contributed by atoms with Crippen LogP contribution in [0.5, 0.6) is 5.75 Å². The van der Waals surface area contributed by atoms with Crippen molar-refractivity contribution in [2.45, 2.75) is 18.9 Å². The van der Waals surface area contributed by atoms with Crippen LogP contribution in [0.25, 0.3) is 11.0 Å². The number of carbonyl (C=O) groups is 1. The Morgan fingerprint density at radius 1 is 1.35 bits per heavy atom. The highest BCUT2D eigenvalue weighted by Gasteiger charge is 2.26. The normalized spacial score (nSPS) is 15.5. The summed E-state index contributed by atoms with van der Waals surface area (Å²) in [6.45, 7) is 0.519. The zero-order chi connectivity index (χ0) is 18.1. The summed E-state index contributed by atoms with van der Waals surface area (Å²) < 4.78 is 5.22. The highest BCUT2D eigenvalue weighted by molar-refractivity contribution is 6.30. The van der Waals surface area contributed by atoms with Crippen LogP contribution >= 0.6 is 11.6 Å². The molecule has 0 unspecified atom stereocenters. The summed E-state index contributed by atoms with van der Waals surface area (Å²) in [4.78, 5) is 20.2. The number of nitrogens with one attached hydrogen (secondary N) is 3. The maximum Gasteiger partial charge on any atom is 0.242 e. The van der Waals surface area contributed by atoms with Crippen LogP contribution in [0.1, 0.15) is 11.4 Å². The number of rotatable bonds is 5. The van der Waals surface area contributed by atoms with Crippen molar-refractivity contribution in [3.8, 4) is 5.75 Å². The minimum Gasteiger partial charge on any atom is -0.497 e. The van der Waals surface area contributed by atoms with E-state index in [-0.39, 0.29) is 11.9 Å². The Labute approximate surface area is 155 Å². The molecule has 7 heteroatoms. The Kier molecular flexibility index (Phi) is 4.42. The lowest BCUT2D eigenvalue weighted by Crippen LogP contribution is -2.39. The van der Waals surface area contributed by atoms with Crippen LogP contribution in [0, 0.1) is 0 Å². The molecule has 0 spiro atoms. The molecular weight excluding hydrogens is 352 g/mol. The first-order valence-electron chi connectivity index (χ1n) is 8.48. The molecular formula is C19H19ClN4O2. The van der Waals surface area contributed by atoms with Crippen molar-refractivity contribution < 1.29 is 9.53 Å². The lowest BCUT2D eigenvalue weighted by Gasteiger charge is -2.11. The van der Waals surface area contributed by atoms with Crippen molar-refractivity contribution in [3.05, 3.63) is 52.8 Å². The van der Waals surface area contributed by atoms with E-state index < -0.39 is 0 Å². The van der Waals surface area contributed by atoms with Crippen LogP contribution in [0.15, 0.2) is 36.4 Å². The number of halogens is 1. The van der Waals surface area contributed by atoms with Crippen LogP contribution < -0.4 is 15.4 Å². The number of imidazole rings is 1. The van der Waals surface area contributed by atoms with Gasteiger partial charge in [0.2, 0.25) is 5.91 Å². The summed E-state index contributed by atoms with van der Waals surface area (Å²) in [5.74, 6) is 1.60. The Morgan fingerprint density at radius 2 is 2.23 bits per heavy atom. The van der Waals surface area contributed by atoms with E-state index in [1.165, 1.54) is 0 Å². The minimum atomic E-state index is -0.261. The van der Waals surface area contributed by atoms with Crippen molar-refractivity contribution >= 4 is 34.2 Å². The Balaban J connectivity index is 1.33. The average Bonchev–Trinajstić information content (AvgIpc) is 3.23. The number of benzene rings is 2. The van der Waals surface area contributed by atoms with Gasteiger partial charge in [0, 0.05) is 36.2 Å². The molecule has 0 bridgehead atoms. The summed E-state index contributed by atoms with van der Waals surface area (Å²) in [6, 6.07) is 11.1. The van der Waals surface area contributed by atoms with Gasteiger partial charge in [-0.3, -0.25) is 4.79 Å². The van der Waals surface area contributed by atoms with E-state index in [2.05, 4.69) is 20.6 Å². The zero-order valence-corrected chi connectivity index (χ0v) is 15.1. The van der Waals surface area contributed by atoms with Crippen molar-refractivity contribution in [3.63, 3.8) is 0 Å². The highest BCUT2D eigenvalue weighted by Crippen LogP contribution is 2.28. The number of hydrogen-bond donors (Lipinski definition) is 3. The second-order valence-corrected chi connectivity index (χ2v) is 6.75. The van der Waals surface area contributed by atoms with Gasteiger partial charge in [0.05, 0.1) is 18.1 Å². The van der Waals surface area contributed by atoms with Crippen LogP contribution in [0.2, 0.25) is 5.02 Å². The van der Waals surface area contributed by atoms with Gasteiger partial charge in [-0.25, -0.2) is 4.98 Å². The quantitative estimate of drug-likeness (QED) is 0.645. The number of aromatic nitrogens is 2. The topological polar surface area (TPSA) is 79.0 Å². The molecule has 1 aliphatic heterocycles. The molecule has 2 heterocycles. The van der Waals surface area contributed by atoms with Gasteiger partial charge in [0.15, 0.2) is 0 Å². The van der Waals surface area contributed by atoms with Gasteiger partial charge >= 0.3 is 0 Å². The number of nitrogens with zero attached hydrogens (tertiary/aromatic N) is 1. The van der Waals surface area contributed by atoms with E-state index in [0.717, 1.165) is 33.9 Å². The van der Waals surface area contributed by atoms with Crippen molar-refractivity contribution in [1.82, 2.24) is 15.3 Å². The smallest absolute Gasteiger partial charge is 0.242 e. The fourth-order valence-electron chi connectivity index (χ4n) is 3.20. The third kappa shape index (κ3) is 3.32. The third-order valence-electron chi connectivity index (χ3n) is 4.54. The number of H-pyrrole nitrogens is 1. The SMILES string of the molecule is COc1ccc2nc(CCNC(=O)[C@@H]3Cc4cc(Cl)ccc4N3)[nH]c2c1. The van der Waals surface area contributed by atoms with E-state index in [1.54, 1.807) is 7.11 Å². The van der Waals surface area contributed by atoms with Gasteiger partial charge in [-0.2, -0.15) is 0 Å². The summed E-state index contributed by atoms with van der Waals surface area (Å²) in [5.41, 5.74) is 3.86. The number of carbonyl (C=O) groups excluding carboxylic acids is 1. The fourth-order valence-corrected chi connectivity index (χ4v) is 3.40. The molecule has 1 aromatic heterocycles. The summed E-state index contributed by atoms with van der Waals surface area (Å²) >= 11 is 6.01. The molecule has 3 N–H and O–H groups in total. The molecule has 134 valence electrons. The second-order valence-electron chi connectivity index (χ2n) is 6.31. The molecule has 0 fully saturated rings.